The number of thiazole rings is 1. The summed E-state index contributed by atoms with van der Waals surface area (Å²) in [6, 6.07) is 2.82. The second-order valence-electron chi connectivity index (χ2n) is 7.23. The highest BCUT2D eigenvalue weighted by Crippen LogP contribution is 2.38. The van der Waals surface area contributed by atoms with Crippen molar-refractivity contribution in [2.45, 2.75) is 31.7 Å². The number of ether oxygens (including phenoxy) is 1. The van der Waals surface area contributed by atoms with Crippen LogP contribution < -0.4 is 0 Å². The van der Waals surface area contributed by atoms with Crippen molar-refractivity contribution in [3.05, 3.63) is 52.3 Å². The van der Waals surface area contributed by atoms with Gasteiger partial charge in [0.2, 0.25) is 0 Å². The van der Waals surface area contributed by atoms with Gasteiger partial charge >= 0.3 is 6.18 Å². The van der Waals surface area contributed by atoms with Crippen molar-refractivity contribution >= 4 is 17.2 Å². The lowest BCUT2D eigenvalue weighted by molar-refractivity contribution is -0.138. The third kappa shape index (κ3) is 2.91. The zero-order chi connectivity index (χ0) is 21.0. The van der Waals surface area contributed by atoms with Crippen LogP contribution in [0.2, 0.25) is 0 Å². The van der Waals surface area contributed by atoms with Crippen LogP contribution in [0.4, 0.5) is 13.2 Å². The third-order valence-corrected chi connectivity index (χ3v) is 6.28. The highest BCUT2D eigenvalue weighted by Gasteiger charge is 2.45. The highest BCUT2D eigenvalue weighted by atomic mass is 32.1. The van der Waals surface area contributed by atoms with E-state index in [1.165, 1.54) is 30.4 Å². The number of morpholine rings is 1. The van der Waals surface area contributed by atoms with Crippen molar-refractivity contribution in [2.24, 2.45) is 0 Å². The number of rotatable bonds is 2. The SMILES string of the molecule is Cc1c(C(=O)N2[C@H]3COC[C@@H]2c2nnc(-c4nccs4)n2C3)cccc1C(F)(F)F. The fraction of sp³-hybridized carbons (Fsp3) is 0.368. The molecule has 5 rings (SSSR count). The number of aromatic nitrogens is 4. The zero-order valence-electron chi connectivity index (χ0n) is 15.8. The zero-order valence-corrected chi connectivity index (χ0v) is 16.6. The highest BCUT2D eigenvalue weighted by molar-refractivity contribution is 7.13. The van der Waals surface area contributed by atoms with E-state index < -0.39 is 23.7 Å². The number of nitrogens with zero attached hydrogens (tertiary/aromatic N) is 5. The predicted molar refractivity (Wildman–Crippen MR) is 101 cm³/mol. The largest absolute Gasteiger partial charge is 0.416 e. The lowest BCUT2D eigenvalue weighted by atomic mass is 9.97. The average molecular weight is 435 g/mol. The van der Waals surface area contributed by atoms with Gasteiger partial charge in [0.05, 0.1) is 24.8 Å². The smallest absolute Gasteiger partial charge is 0.377 e. The molecule has 2 atom stereocenters. The maximum absolute atomic E-state index is 13.4. The molecule has 11 heteroatoms. The van der Waals surface area contributed by atoms with Crippen LogP contribution in [0.15, 0.2) is 29.8 Å². The molecule has 7 nitrogen and oxygen atoms in total. The summed E-state index contributed by atoms with van der Waals surface area (Å²) in [6.45, 7) is 2.21. The number of halogens is 3. The third-order valence-electron chi connectivity index (χ3n) is 5.51. The van der Waals surface area contributed by atoms with E-state index in [4.69, 9.17) is 4.74 Å². The first-order valence-electron chi connectivity index (χ1n) is 9.26. The Kier molecular flexibility index (Phi) is 4.40. The molecule has 1 fully saturated rings. The summed E-state index contributed by atoms with van der Waals surface area (Å²) in [6.07, 6.45) is -2.84. The van der Waals surface area contributed by atoms with Crippen molar-refractivity contribution in [3.63, 3.8) is 0 Å². The van der Waals surface area contributed by atoms with Gasteiger partial charge < -0.3 is 14.2 Å². The molecule has 0 radical (unpaired) electrons. The Balaban J connectivity index is 1.55. The van der Waals surface area contributed by atoms with Crippen LogP contribution >= 0.6 is 11.3 Å². The number of amides is 1. The summed E-state index contributed by atoms with van der Waals surface area (Å²) < 4.78 is 47.6. The number of hydrogen-bond donors (Lipinski definition) is 0. The molecular weight excluding hydrogens is 419 g/mol. The maximum atomic E-state index is 13.4. The molecule has 0 saturated carbocycles. The fourth-order valence-electron chi connectivity index (χ4n) is 4.14. The molecule has 1 saturated heterocycles. The van der Waals surface area contributed by atoms with Gasteiger partial charge in [0, 0.05) is 23.7 Å². The maximum Gasteiger partial charge on any atom is 0.416 e. The van der Waals surface area contributed by atoms with E-state index in [1.54, 1.807) is 11.1 Å². The molecule has 1 amide bonds. The Hall–Kier alpha value is -2.79. The standard InChI is InChI=1S/C19H16F3N5O2S/c1-10-12(3-2-4-13(10)19(20,21)22)18(28)27-11-7-26-15(14(27)9-29-8-11)24-25-16(26)17-23-5-6-30-17/h2-6,11,14H,7-9H2,1H3/t11-,14-/m1/s1. The van der Waals surface area contributed by atoms with E-state index in [0.29, 0.717) is 18.2 Å². The average Bonchev–Trinajstić information content (AvgIpc) is 3.35. The van der Waals surface area contributed by atoms with Crippen LogP contribution in [-0.4, -0.2) is 49.8 Å². The lowest BCUT2D eigenvalue weighted by Crippen LogP contribution is -2.56. The summed E-state index contributed by atoms with van der Waals surface area (Å²) >= 11 is 1.44. The molecule has 2 aliphatic heterocycles. The fourth-order valence-corrected chi connectivity index (χ4v) is 4.76. The van der Waals surface area contributed by atoms with Crippen LogP contribution in [0.1, 0.15) is 33.4 Å². The van der Waals surface area contributed by atoms with Gasteiger partial charge in [-0.25, -0.2) is 4.98 Å². The summed E-state index contributed by atoms with van der Waals surface area (Å²) in [5, 5.41) is 11.1. The van der Waals surface area contributed by atoms with E-state index in [1.807, 2.05) is 9.95 Å². The van der Waals surface area contributed by atoms with Crippen LogP contribution in [-0.2, 0) is 17.5 Å². The predicted octanol–water partition coefficient (Wildman–Crippen LogP) is 3.32. The van der Waals surface area contributed by atoms with E-state index >= 15 is 0 Å². The molecule has 2 bridgehead atoms. The molecule has 2 aromatic heterocycles. The minimum absolute atomic E-state index is 0.0369. The second kappa shape index (κ2) is 6.88. The first-order chi connectivity index (χ1) is 14.4. The molecule has 0 aliphatic carbocycles. The number of hydrogen-bond acceptors (Lipinski definition) is 6. The van der Waals surface area contributed by atoms with Crippen molar-refractivity contribution in [2.75, 3.05) is 13.2 Å². The van der Waals surface area contributed by atoms with Gasteiger partial charge in [-0.2, -0.15) is 13.2 Å². The van der Waals surface area contributed by atoms with Crippen LogP contribution in [0.3, 0.4) is 0 Å². The van der Waals surface area contributed by atoms with Gasteiger partial charge in [-0.1, -0.05) is 6.07 Å². The molecular formula is C19H16F3N5O2S. The molecule has 0 unspecified atom stereocenters. The quantitative estimate of drug-likeness (QED) is 0.618. The van der Waals surface area contributed by atoms with Crippen molar-refractivity contribution in [3.8, 4) is 10.8 Å². The van der Waals surface area contributed by atoms with Gasteiger partial charge in [0.1, 0.15) is 6.04 Å². The minimum atomic E-state index is -4.52. The number of benzene rings is 1. The number of carbonyl (C=O) groups is 1. The van der Waals surface area contributed by atoms with Crippen molar-refractivity contribution in [1.82, 2.24) is 24.6 Å². The van der Waals surface area contributed by atoms with E-state index in [0.717, 1.165) is 11.1 Å². The summed E-state index contributed by atoms with van der Waals surface area (Å²) in [5.74, 6) is 0.718. The van der Waals surface area contributed by atoms with E-state index in [-0.39, 0.29) is 30.4 Å². The molecule has 30 heavy (non-hydrogen) atoms. The summed E-state index contributed by atoms with van der Waals surface area (Å²) in [4.78, 5) is 19.3. The molecule has 0 N–H and O–H groups in total. The molecule has 4 heterocycles. The Morgan fingerprint density at radius 2 is 2.10 bits per heavy atom. The molecule has 2 aliphatic rings. The van der Waals surface area contributed by atoms with Crippen LogP contribution in [0.5, 0.6) is 0 Å². The van der Waals surface area contributed by atoms with Gasteiger partial charge in [-0.05, 0) is 24.6 Å². The molecule has 156 valence electrons. The van der Waals surface area contributed by atoms with Gasteiger partial charge in [-0.3, -0.25) is 4.79 Å². The van der Waals surface area contributed by atoms with E-state index in [2.05, 4.69) is 15.2 Å². The number of carbonyl (C=O) groups excluding carboxylic acids is 1. The Morgan fingerprint density at radius 3 is 2.83 bits per heavy atom. The van der Waals surface area contributed by atoms with Crippen LogP contribution in [0.25, 0.3) is 10.8 Å². The number of alkyl halides is 3. The van der Waals surface area contributed by atoms with Crippen molar-refractivity contribution in [1.29, 1.82) is 0 Å². The van der Waals surface area contributed by atoms with Crippen LogP contribution in [0, 0.1) is 6.92 Å². The minimum Gasteiger partial charge on any atom is -0.377 e. The monoisotopic (exact) mass is 435 g/mol. The Labute approximate surface area is 173 Å². The topological polar surface area (TPSA) is 73.1 Å². The number of fused-ring (bicyclic) bond motifs is 4. The van der Waals surface area contributed by atoms with Gasteiger partial charge in [0.25, 0.3) is 5.91 Å². The van der Waals surface area contributed by atoms with Crippen molar-refractivity contribution < 1.29 is 22.7 Å². The first kappa shape index (κ1) is 19.2. The summed E-state index contributed by atoms with van der Waals surface area (Å²) in [7, 11) is 0. The Bertz CT molecular complexity index is 1110. The molecule has 1 aromatic carbocycles. The molecule has 3 aromatic rings. The second-order valence-corrected chi connectivity index (χ2v) is 8.12. The summed E-state index contributed by atoms with van der Waals surface area (Å²) in [5.41, 5.74) is -0.847. The lowest BCUT2D eigenvalue weighted by Gasteiger charge is -2.45. The van der Waals surface area contributed by atoms with Gasteiger partial charge in [-0.15, -0.1) is 21.5 Å². The van der Waals surface area contributed by atoms with E-state index in [9.17, 15) is 18.0 Å². The molecule has 0 spiro atoms. The van der Waals surface area contributed by atoms with Gasteiger partial charge in [0.15, 0.2) is 16.7 Å². The Morgan fingerprint density at radius 1 is 1.27 bits per heavy atom. The first-order valence-corrected chi connectivity index (χ1v) is 10.1. The normalized spacial score (nSPS) is 20.9.